The van der Waals surface area contributed by atoms with E-state index in [-0.39, 0.29) is 19.3 Å². The van der Waals surface area contributed by atoms with Gasteiger partial charge in [-0.1, -0.05) is 0 Å². The lowest BCUT2D eigenvalue weighted by Crippen LogP contribution is -2.42. The molecule has 0 aromatic carbocycles. The highest BCUT2D eigenvalue weighted by Crippen LogP contribution is 1.90. The molecular formula is C11H24N2O6S. The highest BCUT2D eigenvalue weighted by atomic mass is 32.2. The minimum absolute atomic E-state index is 0.0476. The van der Waals surface area contributed by atoms with Gasteiger partial charge in [-0.15, -0.1) is 0 Å². The number of carbonyl (C=O) groups is 1. The molecule has 0 aliphatic heterocycles. The SMILES string of the molecule is CC(C)OCCOCCNS(=O)(=O)NC(=O)OC(C)C. The average molecular weight is 312 g/mol. The Balaban J connectivity index is 3.70. The van der Waals surface area contributed by atoms with E-state index in [9.17, 15) is 13.2 Å². The minimum atomic E-state index is -3.92. The van der Waals surface area contributed by atoms with E-state index in [0.29, 0.717) is 13.2 Å². The van der Waals surface area contributed by atoms with Crippen molar-refractivity contribution in [1.82, 2.24) is 9.44 Å². The van der Waals surface area contributed by atoms with Gasteiger partial charge >= 0.3 is 16.3 Å². The Morgan fingerprint density at radius 2 is 1.70 bits per heavy atom. The molecule has 0 aromatic heterocycles. The van der Waals surface area contributed by atoms with Crippen LogP contribution in [0.3, 0.4) is 0 Å². The van der Waals surface area contributed by atoms with Crippen LogP contribution in [-0.2, 0) is 24.4 Å². The summed E-state index contributed by atoms with van der Waals surface area (Å²) in [5.41, 5.74) is 0. The van der Waals surface area contributed by atoms with Crippen molar-refractivity contribution in [2.45, 2.75) is 39.9 Å². The highest BCUT2D eigenvalue weighted by Gasteiger charge is 2.15. The Morgan fingerprint density at radius 3 is 2.25 bits per heavy atom. The first kappa shape index (κ1) is 19.1. The van der Waals surface area contributed by atoms with E-state index in [0.717, 1.165) is 0 Å². The molecule has 0 saturated carbocycles. The van der Waals surface area contributed by atoms with E-state index in [1.165, 1.54) is 0 Å². The lowest BCUT2D eigenvalue weighted by molar-refractivity contribution is 0.0211. The van der Waals surface area contributed by atoms with Gasteiger partial charge in [0.15, 0.2) is 0 Å². The van der Waals surface area contributed by atoms with Crippen molar-refractivity contribution in [1.29, 1.82) is 0 Å². The van der Waals surface area contributed by atoms with Crippen LogP contribution in [0.5, 0.6) is 0 Å². The molecule has 0 fully saturated rings. The van der Waals surface area contributed by atoms with E-state index in [2.05, 4.69) is 9.46 Å². The van der Waals surface area contributed by atoms with Gasteiger partial charge in [-0.05, 0) is 27.7 Å². The van der Waals surface area contributed by atoms with Crippen LogP contribution >= 0.6 is 0 Å². The van der Waals surface area contributed by atoms with Gasteiger partial charge in [0.2, 0.25) is 0 Å². The van der Waals surface area contributed by atoms with Crippen molar-refractivity contribution in [3.8, 4) is 0 Å². The summed E-state index contributed by atoms with van der Waals surface area (Å²) in [6.07, 6.45) is -1.28. The van der Waals surface area contributed by atoms with Gasteiger partial charge in [0, 0.05) is 6.54 Å². The first-order valence-electron chi connectivity index (χ1n) is 6.40. The molecule has 0 aliphatic rings. The van der Waals surface area contributed by atoms with E-state index in [1.54, 1.807) is 18.6 Å². The van der Waals surface area contributed by atoms with Crippen molar-refractivity contribution < 1.29 is 27.4 Å². The van der Waals surface area contributed by atoms with Crippen LogP contribution in [0.4, 0.5) is 4.79 Å². The highest BCUT2D eigenvalue weighted by molar-refractivity contribution is 7.88. The van der Waals surface area contributed by atoms with Gasteiger partial charge in [0.05, 0.1) is 32.0 Å². The molecule has 0 aromatic rings. The average Bonchev–Trinajstić information content (AvgIpc) is 2.24. The van der Waals surface area contributed by atoms with Crippen molar-refractivity contribution >= 4 is 16.3 Å². The van der Waals surface area contributed by atoms with Crippen molar-refractivity contribution in [3.63, 3.8) is 0 Å². The lowest BCUT2D eigenvalue weighted by Gasteiger charge is -2.11. The molecule has 9 heteroatoms. The summed E-state index contributed by atoms with van der Waals surface area (Å²) in [5, 5.41) is 0. The predicted molar refractivity (Wildman–Crippen MR) is 73.6 cm³/mol. The van der Waals surface area contributed by atoms with E-state index in [4.69, 9.17) is 9.47 Å². The molecule has 120 valence electrons. The molecule has 1 amide bonds. The Labute approximate surface area is 120 Å². The number of hydrogen-bond donors (Lipinski definition) is 2. The van der Waals surface area contributed by atoms with E-state index in [1.807, 2.05) is 13.8 Å². The molecule has 0 heterocycles. The summed E-state index contributed by atoms with van der Waals surface area (Å²) >= 11 is 0. The predicted octanol–water partition coefficient (Wildman–Crippen LogP) is 0.397. The van der Waals surface area contributed by atoms with Gasteiger partial charge in [-0.25, -0.2) is 9.52 Å². The normalized spacial score (nSPS) is 11.9. The number of amides is 1. The fraction of sp³-hybridized carbons (Fsp3) is 0.909. The fourth-order valence-corrected chi connectivity index (χ4v) is 1.77. The zero-order valence-electron chi connectivity index (χ0n) is 12.3. The van der Waals surface area contributed by atoms with Crippen molar-refractivity contribution in [2.75, 3.05) is 26.4 Å². The maximum absolute atomic E-state index is 11.4. The summed E-state index contributed by atoms with van der Waals surface area (Å²) in [6, 6.07) is 0. The standard InChI is InChI=1S/C11H24N2O6S/c1-9(2)18-8-7-17-6-5-12-20(15,16)13-11(14)19-10(3)4/h9-10,12H,5-8H2,1-4H3,(H,13,14). The Bertz CT molecular complexity index is 369. The largest absolute Gasteiger partial charge is 0.446 e. The zero-order valence-corrected chi connectivity index (χ0v) is 13.2. The van der Waals surface area contributed by atoms with E-state index < -0.39 is 22.4 Å². The van der Waals surface area contributed by atoms with Gasteiger partial charge < -0.3 is 14.2 Å². The second kappa shape index (κ2) is 9.92. The van der Waals surface area contributed by atoms with Crippen LogP contribution in [0.1, 0.15) is 27.7 Å². The molecule has 0 rings (SSSR count). The van der Waals surface area contributed by atoms with Crippen LogP contribution in [0.25, 0.3) is 0 Å². The number of carbonyl (C=O) groups excluding carboxylic acids is 1. The maximum atomic E-state index is 11.4. The molecule has 0 saturated heterocycles. The number of ether oxygens (including phenoxy) is 3. The van der Waals surface area contributed by atoms with Crippen LogP contribution < -0.4 is 9.44 Å². The Kier molecular flexibility index (Phi) is 9.47. The summed E-state index contributed by atoms with van der Waals surface area (Å²) < 4.78 is 41.7. The van der Waals surface area contributed by atoms with Gasteiger partial charge in [0.25, 0.3) is 0 Å². The number of nitrogens with one attached hydrogen (secondary N) is 2. The third kappa shape index (κ3) is 12.2. The first-order valence-corrected chi connectivity index (χ1v) is 7.88. The molecular weight excluding hydrogens is 288 g/mol. The van der Waals surface area contributed by atoms with Crippen LogP contribution in [0.2, 0.25) is 0 Å². The molecule has 20 heavy (non-hydrogen) atoms. The number of hydrogen-bond acceptors (Lipinski definition) is 6. The minimum Gasteiger partial charge on any atom is -0.446 e. The topological polar surface area (TPSA) is 103 Å². The zero-order chi connectivity index (χ0) is 15.6. The Hall–Kier alpha value is -0.900. The summed E-state index contributed by atoms with van der Waals surface area (Å²) in [4.78, 5) is 11.1. The maximum Gasteiger partial charge on any atom is 0.422 e. The van der Waals surface area contributed by atoms with Crippen LogP contribution in [-0.4, -0.2) is 53.1 Å². The Morgan fingerprint density at radius 1 is 1.05 bits per heavy atom. The molecule has 8 nitrogen and oxygen atoms in total. The molecule has 0 unspecified atom stereocenters. The van der Waals surface area contributed by atoms with Gasteiger partial charge in [0.1, 0.15) is 0 Å². The summed E-state index contributed by atoms with van der Waals surface area (Å²) in [6.45, 7) is 8.12. The third-order valence-corrected chi connectivity index (χ3v) is 2.80. The number of rotatable bonds is 10. The second-order valence-electron chi connectivity index (χ2n) is 4.49. The van der Waals surface area contributed by atoms with Crippen molar-refractivity contribution in [3.05, 3.63) is 0 Å². The quantitative estimate of drug-likeness (QED) is 0.566. The third-order valence-electron chi connectivity index (χ3n) is 1.78. The monoisotopic (exact) mass is 312 g/mol. The molecule has 0 radical (unpaired) electrons. The summed E-state index contributed by atoms with van der Waals surface area (Å²) in [7, 11) is -3.92. The van der Waals surface area contributed by atoms with Gasteiger partial charge in [-0.2, -0.15) is 13.1 Å². The molecule has 0 atom stereocenters. The van der Waals surface area contributed by atoms with Gasteiger partial charge in [-0.3, -0.25) is 0 Å². The summed E-state index contributed by atoms with van der Waals surface area (Å²) in [5.74, 6) is 0. The first-order chi connectivity index (χ1) is 9.23. The lowest BCUT2D eigenvalue weighted by atomic mass is 10.5. The smallest absolute Gasteiger partial charge is 0.422 e. The fourth-order valence-electron chi connectivity index (χ4n) is 1.08. The molecule has 0 aliphatic carbocycles. The second-order valence-corrected chi connectivity index (χ2v) is 5.99. The van der Waals surface area contributed by atoms with Crippen molar-refractivity contribution in [2.24, 2.45) is 0 Å². The molecule has 0 bridgehead atoms. The molecule has 0 spiro atoms. The van der Waals surface area contributed by atoms with E-state index >= 15 is 0 Å². The molecule has 2 N–H and O–H groups in total. The van der Waals surface area contributed by atoms with Crippen LogP contribution in [0, 0.1) is 0 Å². The van der Waals surface area contributed by atoms with Crippen LogP contribution in [0.15, 0.2) is 0 Å².